The van der Waals surface area contributed by atoms with Crippen molar-refractivity contribution in [3.05, 3.63) is 23.4 Å². The van der Waals surface area contributed by atoms with Crippen LogP contribution in [0.25, 0.3) is 0 Å². The van der Waals surface area contributed by atoms with E-state index >= 15 is 0 Å². The lowest BCUT2D eigenvalue weighted by molar-refractivity contribution is 0.619. The van der Waals surface area contributed by atoms with Crippen LogP contribution in [-0.4, -0.2) is 35.6 Å². The lowest BCUT2D eigenvalue weighted by Gasteiger charge is -2.38. The van der Waals surface area contributed by atoms with Crippen molar-refractivity contribution in [1.29, 1.82) is 0 Å². The van der Waals surface area contributed by atoms with Crippen molar-refractivity contribution >= 4 is 17.6 Å². The van der Waals surface area contributed by atoms with Crippen LogP contribution < -0.4 is 10.2 Å². The maximum absolute atomic E-state index is 4.78. The number of nitrogens with zero attached hydrogens (tertiary/aromatic N) is 2. The number of aromatic nitrogens is 1. The van der Waals surface area contributed by atoms with E-state index in [1.807, 2.05) is 7.05 Å². The van der Waals surface area contributed by atoms with E-state index in [1.165, 1.54) is 11.3 Å². The lowest BCUT2D eigenvalue weighted by Crippen LogP contribution is -2.45. The third-order valence-corrected chi connectivity index (χ3v) is 5.06. The Morgan fingerprint density at radius 3 is 2.89 bits per heavy atom. The Kier molecular flexibility index (Phi) is 4.51. The molecule has 0 bridgehead atoms. The first-order chi connectivity index (χ1) is 8.63. The van der Waals surface area contributed by atoms with Crippen LogP contribution in [0.2, 0.25) is 0 Å². The maximum Gasteiger partial charge on any atom is 0.129 e. The topological polar surface area (TPSA) is 28.2 Å². The highest BCUT2D eigenvalue weighted by Crippen LogP contribution is 2.28. The van der Waals surface area contributed by atoms with Gasteiger partial charge in [-0.1, -0.05) is 13.0 Å². The summed E-state index contributed by atoms with van der Waals surface area (Å²) in [6, 6.07) is 4.93. The standard InChI is InChI=1S/C14H23N3S/c1-10-13(9-15-4)5-6-14(16-10)17-7-8-18-12(3)11(17)2/h5-6,11-12,15H,7-9H2,1-4H3. The maximum atomic E-state index is 4.78. The summed E-state index contributed by atoms with van der Waals surface area (Å²) in [5.41, 5.74) is 2.42. The van der Waals surface area contributed by atoms with Crippen molar-refractivity contribution in [3.63, 3.8) is 0 Å². The van der Waals surface area contributed by atoms with Gasteiger partial charge in [0.05, 0.1) is 0 Å². The molecular weight excluding hydrogens is 242 g/mol. The molecule has 0 aliphatic carbocycles. The van der Waals surface area contributed by atoms with Gasteiger partial charge in [0.2, 0.25) is 0 Å². The number of hydrogen-bond donors (Lipinski definition) is 1. The minimum Gasteiger partial charge on any atom is -0.352 e. The monoisotopic (exact) mass is 265 g/mol. The van der Waals surface area contributed by atoms with Gasteiger partial charge in [-0.2, -0.15) is 11.8 Å². The van der Waals surface area contributed by atoms with Gasteiger partial charge in [0.15, 0.2) is 0 Å². The molecule has 3 nitrogen and oxygen atoms in total. The summed E-state index contributed by atoms with van der Waals surface area (Å²) in [6.07, 6.45) is 0. The van der Waals surface area contributed by atoms with E-state index in [4.69, 9.17) is 4.98 Å². The molecule has 100 valence electrons. The Bertz CT molecular complexity index is 408. The molecule has 1 aromatic rings. The van der Waals surface area contributed by atoms with Gasteiger partial charge in [-0.3, -0.25) is 0 Å². The lowest BCUT2D eigenvalue weighted by atomic mass is 10.1. The predicted octanol–water partition coefficient (Wildman–Crippen LogP) is 2.44. The van der Waals surface area contributed by atoms with Crippen molar-refractivity contribution in [2.75, 3.05) is 24.2 Å². The molecular formula is C14H23N3S. The Hall–Kier alpha value is -0.740. The van der Waals surface area contributed by atoms with Crippen LogP contribution >= 0.6 is 11.8 Å². The molecule has 1 fully saturated rings. The summed E-state index contributed by atoms with van der Waals surface area (Å²) in [4.78, 5) is 7.22. The van der Waals surface area contributed by atoms with Crippen molar-refractivity contribution < 1.29 is 0 Å². The molecule has 0 spiro atoms. The van der Waals surface area contributed by atoms with Gasteiger partial charge in [0.25, 0.3) is 0 Å². The number of hydrogen-bond acceptors (Lipinski definition) is 4. The van der Waals surface area contributed by atoms with E-state index in [9.17, 15) is 0 Å². The van der Waals surface area contributed by atoms with Crippen LogP contribution in [0.15, 0.2) is 12.1 Å². The molecule has 0 amide bonds. The van der Waals surface area contributed by atoms with Gasteiger partial charge >= 0.3 is 0 Å². The van der Waals surface area contributed by atoms with Crippen LogP contribution in [-0.2, 0) is 6.54 Å². The number of anilines is 1. The zero-order valence-corrected chi connectivity index (χ0v) is 12.5. The quantitative estimate of drug-likeness (QED) is 0.908. The molecule has 2 atom stereocenters. The van der Waals surface area contributed by atoms with Gasteiger partial charge in [-0.25, -0.2) is 4.98 Å². The largest absolute Gasteiger partial charge is 0.352 e. The number of aryl methyl sites for hydroxylation is 1. The first kappa shape index (κ1) is 13.7. The average molecular weight is 265 g/mol. The first-order valence-corrected chi connectivity index (χ1v) is 7.67. The summed E-state index contributed by atoms with van der Waals surface area (Å²) in [5.74, 6) is 2.33. The fourth-order valence-electron chi connectivity index (χ4n) is 2.37. The Morgan fingerprint density at radius 1 is 1.44 bits per heavy atom. The second kappa shape index (κ2) is 5.93. The zero-order chi connectivity index (χ0) is 13.1. The van der Waals surface area contributed by atoms with Crippen LogP contribution in [0, 0.1) is 6.92 Å². The predicted molar refractivity (Wildman–Crippen MR) is 80.5 cm³/mol. The molecule has 1 N–H and O–H groups in total. The van der Waals surface area contributed by atoms with E-state index in [1.54, 1.807) is 0 Å². The van der Waals surface area contributed by atoms with Crippen LogP contribution in [0.4, 0.5) is 5.82 Å². The van der Waals surface area contributed by atoms with Gasteiger partial charge < -0.3 is 10.2 Å². The molecule has 0 radical (unpaired) electrons. The molecule has 0 saturated carbocycles. The number of rotatable bonds is 3. The molecule has 2 heterocycles. The van der Waals surface area contributed by atoms with E-state index in [0.29, 0.717) is 11.3 Å². The average Bonchev–Trinajstić information content (AvgIpc) is 2.35. The Morgan fingerprint density at radius 2 is 2.22 bits per heavy atom. The molecule has 4 heteroatoms. The van der Waals surface area contributed by atoms with Gasteiger partial charge in [0.1, 0.15) is 5.82 Å². The minimum atomic E-state index is 0.561. The van der Waals surface area contributed by atoms with Crippen LogP contribution in [0.3, 0.4) is 0 Å². The van der Waals surface area contributed by atoms with Crippen molar-refractivity contribution in [3.8, 4) is 0 Å². The smallest absolute Gasteiger partial charge is 0.129 e. The van der Waals surface area contributed by atoms with Crippen molar-refractivity contribution in [2.24, 2.45) is 0 Å². The van der Waals surface area contributed by atoms with Crippen LogP contribution in [0.1, 0.15) is 25.1 Å². The summed E-state index contributed by atoms with van der Waals surface area (Å²) in [6.45, 7) is 8.71. The Labute approximate surface area is 114 Å². The third-order valence-electron chi connectivity index (χ3n) is 3.73. The van der Waals surface area contributed by atoms with E-state index in [0.717, 1.165) is 24.6 Å². The van der Waals surface area contributed by atoms with Gasteiger partial charge in [0, 0.05) is 35.8 Å². The van der Waals surface area contributed by atoms with Gasteiger partial charge in [-0.15, -0.1) is 0 Å². The summed E-state index contributed by atoms with van der Waals surface area (Å²) >= 11 is 2.06. The van der Waals surface area contributed by atoms with Gasteiger partial charge in [-0.05, 0) is 32.5 Å². The molecule has 1 aliphatic rings. The molecule has 2 rings (SSSR count). The van der Waals surface area contributed by atoms with E-state index < -0.39 is 0 Å². The molecule has 2 unspecified atom stereocenters. The highest BCUT2D eigenvalue weighted by atomic mass is 32.2. The molecule has 0 aromatic carbocycles. The number of pyridine rings is 1. The SMILES string of the molecule is CNCc1ccc(N2CCSC(C)C2C)nc1C. The summed E-state index contributed by atoms with van der Waals surface area (Å²) < 4.78 is 0. The molecule has 1 aromatic heterocycles. The second-order valence-corrected chi connectivity index (χ2v) is 6.44. The third kappa shape index (κ3) is 2.81. The summed E-state index contributed by atoms with van der Waals surface area (Å²) in [5, 5.41) is 3.86. The number of thioether (sulfide) groups is 1. The molecule has 1 saturated heterocycles. The first-order valence-electron chi connectivity index (χ1n) is 6.63. The fraction of sp³-hybridized carbons (Fsp3) is 0.643. The van der Waals surface area contributed by atoms with E-state index in [-0.39, 0.29) is 0 Å². The van der Waals surface area contributed by atoms with Crippen LogP contribution in [0.5, 0.6) is 0 Å². The second-order valence-electron chi connectivity index (χ2n) is 4.95. The highest BCUT2D eigenvalue weighted by Gasteiger charge is 2.26. The highest BCUT2D eigenvalue weighted by molar-refractivity contribution is 8.00. The Balaban J connectivity index is 2.20. The zero-order valence-electron chi connectivity index (χ0n) is 11.7. The van der Waals surface area contributed by atoms with Crippen molar-refractivity contribution in [1.82, 2.24) is 10.3 Å². The number of nitrogens with one attached hydrogen (secondary N) is 1. The molecule has 1 aliphatic heterocycles. The fourth-order valence-corrected chi connectivity index (χ4v) is 3.47. The van der Waals surface area contributed by atoms with Crippen molar-refractivity contribution in [2.45, 2.75) is 38.6 Å². The van der Waals surface area contributed by atoms with E-state index in [2.05, 4.69) is 54.9 Å². The molecule has 18 heavy (non-hydrogen) atoms. The normalized spacial score (nSPS) is 24.3. The minimum absolute atomic E-state index is 0.561. The summed E-state index contributed by atoms with van der Waals surface area (Å²) in [7, 11) is 1.97.